The zero-order chi connectivity index (χ0) is 16.2. The number of hydrogen-bond donors (Lipinski definition) is 0. The van der Waals surface area contributed by atoms with E-state index in [1.54, 1.807) is 0 Å². The zero-order valence-electron chi connectivity index (χ0n) is 13.4. The molecule has 0 aliphatic carbocycles. The summed E-state index contributed by atoms with van der Waals surface area (Å²) < 4.78 is 6.26. The first kappa shape index (κ1) is 14.5. The minimum Gasteiger partial charge on any atom is -0.460 e. The Kier molecular flexibility index (Phi) is 3.99. The lowest BCUT2D eigenvalue weighted by Crippen LogP contribution is -1.88. The van der Waals surface area contributed by atoms with Gasteiger partial charge in [-0.15, -0.1) is 0 Å². The highest BCUT2D eigenvalue weighted by Crippen LogP contribution is 2.33. The van der Waals surface area contributed by atoms with Gasteiger partial charge in [0.2, 0.25) is 0 Å². The molecule has 1 heteroatoms. The molecule has 0 N–H and O–H groups in total. The molecule has 0 aliphatic rings. The molecule has 0 aliphatic heterocycles. The monoisotopic (exact) mass is 310 g/mol. The van der Waals surface area contributed by atoms with E-state index in [1.807, 2.05) is 30.3 Å². The first-order valence-electron chi connectivity index (χ1n) is 8.17. The Bertz CT molecular complexity index is 906. The second-order valence-corrected chi connectivity index (χ2v) is 5.84. The minimum absolute atomic E-state index is 0.790. The van der Waals surface area contributed by atoms with Crippen LogP contribution >= 0.6 is 0 Å². The van der Waals surface area contributed by atoms with Crippen LogP contribution in [0.25, 0.3) is 22.5 Å². The van der Waals surface area contributed by atoms with Crippen molar-refractivity contribution < 1.29 is 4.42 Å². The Labute approximate surface area is 142 Å². The molecular weight excluding hydrogens is 292 g/mol. The topological polar surface area (TPSA) is 13.1 Å². The fraction of sp³-hybridized carbons (Fsp3) is 0.0435. The maximum Gasteiger partial charge on any atom is 0.134 e. The molecule has 0 bridgehead atoms. The summed E-state index contributed by atoms with van der Waals surface area (Å²) in [5.74, 6) is 1.92. The van der Waals surface area contributed by atoms with Gasteiger partial charge in [-0.3, -0.25) is 0 Å². The van der Waals surface area contributed by atoms with E-state index in [0.717, 1.165) is 23.5 Å². The Balaban J connectivity index is 1.80. The van der Waals surface area contributed by atoms with Crippen molar-refractivity contribution in [1.82, 2.24) is 0 Å². The molecule has 0 amide bonds. The van der Waals surface area contributed by atoms with Crippen LogP contribution in [0.5, 0.6) is 0 Å². The van der Waals surface area contributed by atoms with Gasteiger partial charge in [0.25, 0.3) is 0 Å². The fourth-order valence-electron chi connectivity index (χ4n) is 2.95. The second kappa shape index (κ2) is 6.59. The van der Waals surface area contributed by atoms with Gasteiger partial charge in [0.15, 0.2) is 0 Å². The molecule has 1 aromatic heterocycles. The molecule has 24 heavy (non-hydrogen) atoms. The van der Waals surface area contributed by atoms with Gasteiger partial charge in [-0.1, -0.05) is 91.0 Å². The molecule has 0 saturated carbocycles. The molecule has 4 rings (SSSR count). The predicted molar refractivity (Wildman–Crippen MR) is 98.8 cm³/mol. The molecule has 0 radical (unpaired) electrons. The zero-order valence-corrected chi connectivity index (χ0v) is 13.4. The van der Waals surface area contributed by atoms with Gasteiger partial charge in [-0.05, 0) is 17.2 Å². The maximum absolute atomic E-state index is 6.26. The summed E-state index contributed by atoms with van der Waals surface area (Å²) >= 11 is 0. The van der Waals surface area contributed by atoms with Gasteiger partial charge < -0.3 is 4.42 Å². The number of rotatable bonds is 4. The molecule has 3 aromatic carbocycles. The summed E-state index contributed by atoms with van der Waals surface area (Å²) in [6.45, 7) is 0. The molecule has 4 aromatic rings. The quantitative estimate of drug-likeness (QED) is 0.437. The lowest BCUT2D eigenvalue weighted by atomic mass is 10.0. The van der Waals surface area contributed by atoms with Gasteiger partial charge in [0, 0.05) is 17.5 Å². The lowest BCUT2D eigenvalue weighted by Gasteiger charge is -2.03. The molecule has 0 fully saturated rings. The van der Waals surface area contributed by atoms with Crippen LogP contribution in [0, 0.1) is 0 Å². The van der Waals surface area contributed by atoms with Gasteiger partial charge >= 0.3 is 0 Å². The minimum atomic E-state index is 0.790. The summed E-state index contributed by atoms with van der Waals surface area (Å²) in [7, 11) is 0. The maximum atomic E-state index is 6.26. The summed E-state index contributed by atoms with van der Waals surface area (Å²) in [5.41, 5.74) is 4.71. The van der Waals surface area contributed by atoms with Crippen LogP contribution in [0.3, 0.4) is 0 Å². The third kappa shape index (κ3) is 3.02. The van der Waals surface area contributed by atoms with Crippen LogP contribution in [0.2, 0.25) is 0 Å². The van der Waals surface area contributed by atoms with Crippen LogP contribution in [0.15, 0.2) is 101 Å². The van der Waals surface area contributed by atoms with Crippen LogP contribution in [0.1, 0.15) is 11.3 Å². The van der Waals surface area contributed by atoms with Crippen molar-refractivity contribution in [2.75, 3.05) is 0 Å². The van der Waals surface area contributed by atoms with Crippen LogP contribution < -0.4 is 0 Å². The van der Waals surface area contributed by atoms with Crippen LogP contribution in [0.4, 0.5) is 0 Å². The standard InChI is InChI=1S/C23H18O/c1-4-10-18(11-5-1)16-23-21(19-12-6-2-7-13-19)17-22(24-23)20-14-8-3-9-15-20/h1-15,17H,16H2. The Morgan fingerprint density at radius 3 is 1.75 bits per heavy atom. The van der Waals surface area contributed by atoms with E-state index in [-0.39, 0.29) is 0 Å². The molecule has 116 valence electrons. The third-order valence-electron chi connectivity index (χ3n) is 4.16. The van der Waals surface area contributed by atoms with E-state index >= 15 is 0 Å². The fourth-order valence-corrected chi connectivity index (χ4v) is 2.95. The molecule has 1 nitrogen and oxygen atoms in total. The molecule has 0 atom stereocenters. The highest BCUT2D eigenvalue weighted by Gasteiger charge is 2.14. The Hall–Kier alpha value is -3.06. The van der Waals surface area contributed by atoms with E-state index in [4.69, 9.17) is 4.42 Å². The highest BCUT2D eigenvalue weighted by atomic mass is 16.3. The van der Waals surface area contributed by atoms with E-state index in [9.17, 15) is 0 Å². The Morgan fingerprint density at radius 2 is 1.12 bits per heavy atom. The summed E-state index contributed by atoms with van der Waals surface area (Å²) in [6, 6.07) is 33.3. The van der Waals surface area contributed by atoms with E-state index < -0.39 is 0 Å². The number of furan rings is 1. The van der Waals surface area contributed by atoms with Gasteiger partial charge in [-0.25, -0.2) is 0 Å². The van der Waals surface area contributed by atoms with E-state index in [0.29, 0.717) is 0 Å². The molecular formula is C23H18O. The van der Waals surface area contributed by atoms with Crippen molar-refractivity contribution in [2.45, 2.75) is 6.42 Å². The lowest BCUT2D eigenvalue weighted by molar-refractivity contribution is 0.535. The molecule has 0 spiro atoms. The summed E-state index contributed by atoms with van der Waals surface area (Å²) in [4.78, 5) is 0. The van der Waals surface area contributed by atoms with Crippen molar-refractivity contribution in [3.8, 4) is 22.5 Å². The normalized spacial score (nSPS) is 10.7. The van der Waals surface area contributed by atoms with Gasteiger partial charge in [0.05, 0.1) is 0 Å². The average molecular weight is 310 g/mol. The largest absolute Gasteiger partial charge is 0.460 e. The van der Waals surface area contributed by atoms with Crippen LogP contribution in [-0.2, 0) is 6.42 Å². The average Bonchev–Trinajstić information content (AvgIpc) is 3.08. The molecule has 1 heterocycles. The van der Waals surface area contributed by atoms with Crippen molar-refractivity contribution >= 4 is 0 Å². The number of hydrogen-bond acceptors (Lipinski definition) is 1. The van der Waals surface area contributed by atoms with Gasteiger partial charge in [0.1, 0.15) is 11.5 Å². The third-order valence-corrected chi connectivity index (χ3v) is 4.16. The number of benzene rings is 3. The van der Waals surface area contributed by atoms with E-state index in [2.05, 4.69) is 66.7 Å². The van der Waals surface area contributed by atoms with Crippen LogP contribution in [-0.4, -0.2) is 0 Å². The van der Waals surface area contributed by atoms with Crippen molar-refractivity contribution in [3.05, 3.63) is 108 Å². The predicted octanol–water partition coefficient (Wildman–Crippen LogP) is 6.20. The van der Waals surface area contributed by atoms with Crippen molar-refractivity contribution in [3.63, 3.8) is 0 Å². The Morgan fingerprint density at radius 1 is 0.583 bits per heavy atom. The SMILES string of the molecule is c1ccc(Cc2oc(-c3ccccc3)cc2-c2ccccc2)cc1. The second-order valence-electron chi connectivity index (χ2n) is 5.84. The molecule has 0 saturated heterocycles. The smallest absolute Gasteiger partial charge is 0.134 e. The van der Waals surface area contributed by atoms with Crippen molar-refractivity contribution in [1.29, 1.82) is 0 Å². The molecule has 0 unspecified atom stereocenters. The first-order valence-corrected chi connectivity index (χ1v) is 8.17. The first-order chi connectivity index (χ1) is 11.9. The summed E-state index contributed by atoms with van der Waals surface area (Å²) in [5, 5.41) is 0. The highest BCUT2D eigenvalue weighted by molar-refractivity contribution is 5.72. The van der Waals surface area contributed by atoms with Gasteiger partial charge in [-0.2, -0.15) is 0 Å². The summed E-state index contributed by atoms with van der Waals surface area (Å²) in [6.07, 6.45) is 0.790. The van der Waals surface area contributed by atoms with Crippen molar-refractivity contribution in [2.24, 2.45) is 0 Å². The van der Waals surface area contributed by atoms with E-state index in [1.165, 1.54) is 16.7 Å².